The molecule has 0 fully saturated rings. The molecule has 0 bridgehead atoms. The maximum absolute atomic E-state index is 12.6. The topological polar surface area (TPSA) is 215 Å². The lowest BCUT2D eigenvalue weighted by atomic mass is 10.0. The molecule has 4 atom stereocenters. The van der Waals surface area contributed by atoms with Crippen LogP contribution in [0.15, 0.2) is 4.99 Å². The number of amides is 3. The smallest absolute Gasteiger partial charge is 0.327 e. The summed E-state index contributed by atoms with van der Waals surface area (Å²) in [5.41, 5.74) is 16.3. The molecule has 0 aliphatic heterocycles. The highest BCUT2D eigenvalue weighted by atomic mass is 32.1. The van der Waals surface area contributed by atoms with Crippen molar-refractivity contribution in [2.24, 2.45) is 28.1 Å². The summed E-state index contributed by atoms with van der Waals surface area (Å²) in [6, 6.07) is -4.00. The highest BCUT2D eigenvalue weighted by molar-refractivity contribution is 7.80. The van der Waals surface area contributed by atoms with Gasteiger partial charge in [0.25, 0.3) is 0 Å². The van der Waals surface area contributed by atoms with E-state index in [0.29, 0.717) is 19.4 Å². The summed E-state index contributed by atoms with van der Waals surface area (Å²) in [5, 5.41) is 16.3. The van der Waals surface area contributed by atoms with Gasteiger partial charge in [0.05, 0.1) is 6.04 Å². The summed E-state index contributed by atoms with van der Waals surface area (Å²) in [6.07, 6.45) is 0.798. The minimum absolute atomic E-state index is 0.0493. The van der Waals surface area contributed by atoms with Crippen LogP contribution in [-0.4, -0.2) is 71.2 Å². The van der Waals surface area contributed by atoms with Gasteiger partial charge in [0.1, 0.15) is 18.1 Å². The van der Waals surface area contributed by atoms with E-state index in [9.17, 15) is 19.2 Å². The van der Waals surface area contributed by atoms with Crippen LogP contribution >= 0.6 is 12.6 Å². The SMILES string of the molecule is CC(NC(=O)C(NC(=O)C(N)CCCN=C(N)N)C(C)C)C(=O)NC(CS)C(=O)O. The third kappa shape index (κ3) is 10.3. The van der Waals surface area contributed by atoms with Crippen molar-refractivity contribution in [2.45, 2.75) is 57.8 Å². The molecule has 4 unspecified atom stereocenters. The third-order valence-electron chi connectivity index (χ3n) is 4.10. The van der Waals surface area contributed by atoms with Gasteiger partial charge in [-0.15, -0.1) is 0 Å². The Kier molecular flexibility index (Phi) is 12.5. The van der Waals surface area contributed by atoms with Crippen molar-refractivity contribution in [3.05, 3.63) is 0 Å². The Bertz CT molecular complexity index is 640. The molecule has 0 aromatic carbocycles. The van der Waals surface area contributed by atoms with Gasteiger partial charge in [-0.1, -0.05) is 13.8 Å². The van der Waals surface area contributed by atoms with Crippen LogP contribution in [0.5, 0.6) is 0 Å². The molecule has 0 rings (SSSR count). The van der Waals surface area contributed by atoms with E-state index in [2.05, 4.69) is 33.6 Å². The predicted molar refractivity (Wildman–Crippen MR) is 116 cm³/mol. The molecule has 0 heterocycles. The summed E-state index contributed by atoms with van der Waals surface area (Å²) in [7, 11) is 0. The van der Waals surface area contributed by atoms with Crippen LogP contribution in [0.4, 0.5) is 0 Å². The third-order valence-corrected chi connectivity index (χ3v) is 4.47. The number of carboxylic acids is 1. The van der Waals surface area contributed by atoms with Crippen LogP contribution < -0.4 is 33.2 Å². The second-order valence-electron chi connectivity index (χ2n) is 7.10. The molecule has 10 N–H and O–H groups in total. The first kappa shape index (κ1) is 27.5. The van der Waals surface area contributed by atoms with Crippen molar-refractivity contribution in [2.75, 3.05) is 12.3 Å². The fraction of sp³-hybridized carbons (Fsp3) is 0.706. The number of nitrogens with two attached hydrogens (primary N) is 3. The zero-order valence-electron chi connectivity index (χ0n) is 17.4. The molecule has 0 saturated heterocycles. The molecular weight excluding hydrogens is 414 g/mol. The molecule has 0 aromatic heterocycles. The lowest BCUT2D eigenvalue weighted by Crippen LogP contribution is -2.57. The lowest BCUT2D eigenvalue weighted by Gasteiger charge is -2.25. The number of guanidine groups is 1. The maximum Gasteiger partial charge on any atom is 0.327 e. The van der Waals surface area contributed by atoms with Gasteiger partial charge >= 0.3 is 5.97 Å². The van der Waals surface area contributed by atoms with E-state index in [-0.39, 0.29) is 17.6 Å². The number of aliphatic imine (C=N–C) groups is 1. The molecule has 0 aliphatic rings. The van der Waals surface area contributed by atoms with E-state index in [4.69, 9.17) is 22.3 Å². The molecule has 0 radical (unpaired) electrons. The van der Waals surface area contributed by atoms with Gasteiger partial charge < -0.3 is 38.3 Å². The van der Waals surface area contributed by atoms with Crippen molar-refractivity contribution in [3.8, 4) is 0 Å². The molecule has 30 heavy (non-hydrogen) atoms. The van der Waals surface area contributed by atoms with Crippen molar-refractivity contribution in [1.29, 1.82) is 0 Å². The van der Waals surface area contributed by atoms with Crippen molar-refractivity contribution < 1.29 is 24.3 Å². The zero-order chi connectivity index (χ0) is 23.4. The van der Waals surface area contributed by atoms with Crippen molar-refractivity contribution in [1.82, 2.24) is 16.0 Å². The molecule has 3 amide bonds. The number of rotatable bonds is 13. The normalized spacial score (nSPS) is 14.7. The number of hydrogen-bond acceptors (Lipinski definition) is 7. The lowest BCUT2D eigenvalue weighted by molar-refractivity contribution is -0.141. The van der Waals surface area contributed by atoms with Crippen LogP contribution in [-0.2, 0) is 19.2 Å². The monoisotopic (exact) mass is 447 g/mol. The van der Waals surface area contributed by atoms with E-state index in [1.807, 2.05) is 0 Å². The summed E-state index contributed by atoms with van der Waals surface area (Å²) >= 11 is 3.86. The van der Waals surface area contributed by atoms with Gasteiger partial charge in [-0.05, 0) is 25.7 Å². The van der Waals surface area contributed by atoms with Gasteiger partial charge in [-0.25, -0.2) is 4.79 Å². The van der Waals surface area contributed by atoms with E-state index in [0.717, 1.165) is 0 Å². The highest BCUT2D eigenvalue weighted by Gasteiger charge is 2.29. The van der Waals surface area contributed by atoms with Crippen LogP contribution in [0, 0.1) is 5.92 Å². The van der Waals surface area contributed by atoms with Gasteiger partial charge in [-0.2, -0.15) is 12.6 Å². The molecule has 172 valence electrons. The summed E-state index contributed by atoms with van der Waals surface area (Å²) in [6.45, 7) is 5.18. The zero-order valence-corrected chi connectivity index (χ0v) is 18.3. The van der Waals surface area contributed by atoms with E-state index in [1.54, 1.807) is 13.8 Å². The average Bonchev–Trinajstić information content (AvgIpc) is 2.65. The number of carboxylic acid groups (broad SMARTS) is 1. The molecule has 12 nitrogen and oxygen atoms in total. The largest absolute Gasteiger partial charge is 0.480 e. The Hall–Kier alpha value is -2.54. The number of carbonyl (C=O) groups is 4. The molecule has 0 spiro atoms. The Labute approximate surface area is 181 Å². The molecular formula is C17H33N7O5S. The first-order chi connectivity index (χ1) is 13.9. The Morgan fingerprint density at radius 1 is 1.00 bits per heavy atom. The summed E-state index contributed by atoms with van der Waals surface area (Å²) in [4.78, 5) is 51.8. The maximum atomic E-state index is 12.6. The summed E-state index contributed by atoms with van der Waals surface area (Å²) in [5.74, 6) is -3.48. The van der Waals surface area contributed by atoms with Crippen LogP contribution in [0.2, 0.25) is 0 Å². The number of nitrogens with zero attached hydrogens (tertiary/aromatic N) is 1. The fourth-order valence-corrected chi connectivity index (χ4v) is 2.54. The van der Waals surface area contributed by atoms with Crippen molar-refractivity contribution in [3.63, 3.8) is 0 Å². The first-order valence-corrected chi connectivity index (χ1v) is 10.1. The predicted octanol–water partition coefficient (Wildman–Crippen LogP) is -2.49. The van der Waals surface area contributed by atoms with Gasteiger partial charge in [-0.3, -0.25) is 19.4 Å². The van der Waals surface area contributed by atoms with E-state index < -0.39 is 47.9 Å². The Morgan fingerprint density at radius 2 is 1.60 bits per heavy atom. The standard InChI is InChI=1S/C17H33N7O5S/c1-8(2)12(24-14(26)10(18)5-4-6-21-17(19)20)15(27)22-9(3)13(25)23-11(7-30)16(28)29/h8-12,30H,4-7,18H2,1-3H3,(H,22,27)(H,23,25)(H,24,26)(H,28,29)(H4,19,20,21). The fourth-order valence-electron chi connectivity index (χ4n) is 2.30. The number of hydrogen-bond donors (Lipinski definition) is 8. The average molecular weight is 448 g/mol. The molecule has 0 saturated carbocycles. The Balaban J connectivity index is 4.82. The van der Waals surface area contributed by atoms with Crippen LogP contribution in [0.25, 0.3) is 0 Å². The van der Waals surface area contributed by atoms with Gasteiger partial charge in [0.2, 0.25) is 17.7 Å². The molecule has 13 heteroatoms. The van der Waals surface area contributed by atoms with Crippen LogP contribution in [0.1, 0.15) is 33.6 Å². The molecule has 0 aliphatic carbocycles. The minimum Gasteiger partial charge on any atom is -0.480 e. The van der Waals surface area contributed by atoms with Crippen LogP contribution in [0.3, 0.4) is 0 Å². The van der Waals surface area contributed by atoms with Crippen molar-refractivity contribution >= 4 is 42.3 Å². The second kappa shape index (κ2) is 13.6. The van der Waals surface area contributed by atoms with E-state index >= 15 is 0 Å². The summed E-state index contributed by atoms with van der Waals surface area (Å²) < 4.78 is 0. The second-order valence-corrected chi connectivity index (χ2v) is 7.46. The van der Waals surface area contributed by atoms with E-state index in [1.165, 1.54) is 6.92 Å². The first-order valence-electron chi connectivity index (χ1n) is 9.46. The number of thiol groups is 1. The Morgan fingerprint density at radius 3 is 2.07 bits per heavy atom. The number of carbonyl (C=O) groups excluding carboxylic acids is 3. The minimum atomic E-state index is -1.24. The highest BCUT2D eigenvalue weighted by Crippen LogP contribution is 2.05. The molecule has 0 aromatic rings. The quantitative estimate of drug-likeness (QED) is 0.0652. The number of nitrogens with one attached hydrogen (secondary N) is 3. The van der Waals surface area contributed by atoms with Gasteiger partial charge in [0, 0.05) is 12.3 Å². The van der Waals surface area contributed by atoms with Gasteiger partial charge in [0.15, 0.2) is 5.96 Å². The number of aliphatic carboxylic acids is 1.